The van der Waals surface area contributed by atoms with Gasteiger partial charge in [-0.2, -0.15) is 4.31 Å². The third-order valence-corrected chi connectivity index (χ3v) is 8.76. The minimum atomic E-state index is -5.44. The van der Waals surface area contributed by atoms with Crippen LogP contribution in [0.15, 0.2) is 12.7 Å². The van der Waals surface area contributed by atoms with Gasteiger partial charge in [0, 0.05) is 0 Å². The largest absolute Gasteiger partial charge is 0.481 e. The Morgan fingerprint density at radius 3 is 2.05 bits per heavy atom. The predicted octanol–water partition coefficient (Wildman–Crippen LogP) is -3.20. The summed E-state index contributed by atoms with van der Waals surface area (Å²) in [6.07, 6.45) is -10.6. The quantitative estimate of drug-likeness (QED) is 0.109. The fourth-order valence-electron chi connectivity index (χ4n) is 3.84. The molecule has 0 aliphatic carbocycles. The Morgan fingerprint density at radius 1 is 0.900 bits per heavy atom. The summed E-state index contributed by atoms with van der Waals surface area (Å²) in [5.74, 6) is -0.0447. The molecule has 0 saturated carbocycles. The maximum absolute atomic E-state index is 12.3. The van der Waals surface area contributed by atoms with E-state index < -0.39 is 85.8 Å². The number of nitrogen functional groups attached to an aromatic ring is 1. The molecule has 2 saturated heterocycles. The minimum Gasteiger partial charge on any atom is -0.387 e. The summed E-state index contributed by atoms with van der Waals surface area (Å²) >= 11 is 0. The van der Waals surface area contributed by atoms with Gasteiger partial charge in [-0.05, 0) is 0 Å². The van der Waals surface area contributed by atoms with Crippen LogP contribution in [0.3, 0.4) is 0 Å². The zero-order valence-corrected chi connectivity index (χ0v) is 22.5. The lowest BCUT2D eigenvalue weighted by Crippen LogP contribution is -2.37. The molecular weight excluding hydrogens is 613 g/mol. The van der Waals surface area contributed by atoms with Gasteiger partial charge >= 0.3 is 23.5 Å². The van der Waals surface area contributed by atoms with Crippen molar-refractivity contribution in [3.63, 3.8) is 0 Å². The molecule has 0 radical (unpaired) electrons. The molecule has 0 spiro atoms. The Balaban J connectivity index is 1.42. The molecule has 2 aliphatic heterocycles. The highest BCUT2D eigenvalue weighted by Crippen LogP contribution is 2.61. The van der Waals surface area contributed by atoms with Crippen LogP contribution >= 0.6 is 23.5 Å². The average Bonchev–Trinajstić information content (AvgIpc) is 3.47. The number of nitrogens with two attached hydrogens (primary N) is 2. The van der Waals surface area contributed by atoms with Crippen molar-refractivity contribution in [3.05, 3.63) is 12.7 Å². The smallest absolute Gasteiger partial charge is 0.387 e. The molecule has 10 atom stereocenters. The first-order valence-electron chi connectivity index (χ1n) is 10.9. The Bertz CT molecular complexity index is 1360. The van der Waals surface area contributed by atoms with Crippen molar-refractivity contribution in [3.8, 4) is 0 Å². The minimum absolute atomic E-state index is 0.0185. The van der Waals surface area contributed by atoms with E-state index in [2.05, 4.69) is 32.8 Å². The number of aliphatic hydroxyl groups excluding tert-OH is 3. The predicted molar refractivity (Wildman–Crippen MR) is 124 cm³/mol. The lowest BCUT2D eigenvalue weighted by atomic mass is 10.1. The fraction of sp³-hybridized carbons (Fsp3) is 0.667. The van der Waals surface area contributed by atoms with Crippen molar-refractivity contribution in [2.75, 3.05) is 18.9 Å². The second-order valence-corrected chi connectivity index (χ2v) is 12.7. The van der Waals surface area contributed by atoms with Gasteiger partial charge < -0.3 is 55.8 Å². The summed E-state index contributed by atoms with van der Waals surface area (Å²) in [5.41, 5.74) is 11.2. The highest BCUT2D eigenvalue weighted by atomic mass is 31.3. The third-order valence-electron chi connectivity index (χ3n) is 5.64. The number of aromatic nitrogens is 4. The van der Waals surface area contributed by atoms with Crippen molar-refractivity contribution in [1.82, 2.24) is 19.5 Å². The van der Waals surface area contributed by atoms with E-state index in [1.165, 1.54) is 0 Å². The number of hydrogen-bond acceptors (Lipinski definition) is 17. The number of fused-ring (bicyclic) bond motifs is 1. The van der Waals surface area contributed by atoms with Gasteiger partial charge in [0.15, 0.2) is 17.7 Å². The molecule has 2 unspecified atom stereocenters. The lowest BCUT2D eigenvalue weighted by Gasteiger charge is -2.22. The molecule has 22 nitrogen and oxygen atoms in total. The monoisotopic (exact) mass is 638 g/mol. The van der Waals surface area contributed by atoms with Crippen LogP contribution in [0.4, 0.5) is 5.82 Å². The fourth-order valence-corrected chi connectivity index (χ4v) is 6.47. The number of rotatable bonds is 11. The van der Waals surface area contributed by atoms with Gasteiger partial charge in [0.05, 0.1) is 19.5 Å². The second kappa shape index (κ2) is 11.6. The third kappa shape index (κ3) is 7.09. The van der Waals surface area contributed by atoms with E-state index in [1.807, 2.05) is 0 Å². The highest BCUT2D eigenvalue weighted by molar-refractivity contribution is 7.61. The number of nitrogens with zero attached hydrogens (tertiary/aromatic N) is 4. The average molecular weight is 638 g/mol. The number of phosphoric ester groups is 3. The molecule has 4 rings (SSSR count). The Labute approximate surface area is 222 Å². The van der Waals surface area contributed by atoms with Crippen molar-refractivity contribution in [2.24, 2.45) is 5.73 Å². The molecule has 4 heterocycles. The zero-order chi connectivity index (χ0) is 29.6. The van der Waals surface area contributed by atoms with Crippen LogP contribution in [-0.4, -0.2) is 110 Å². The van der Waals surface area contributed by atoms with E-state index in [9.17, 15) is 48.6 Å². The highest BCUT2D eigenvalue weighted by Gasteiger charge is 2.50. The number of anilines is 1. The van der Waals surface area contributed by atoms with Gasteiger partial charge in [-0.15, -0.1) is 0 Å². The van der Waals surface area contributed by atoms with E-state index in [4.69, 9.17) is 20.9 Å². The summed E-state index contributed by atoms with van der Waals surface area (Å²) in [7, 11) is -16.0. The van der Waals surface area contributed by atoms with Crippen LogP contribution in [0.1, 0.15) is 6.23 Å². The molecule has 11 N–H and O–H groups in total. The summed E-state index contributed by atoms with van der Waals surface area (Å²) in [6.45, 7) is -1.93. The van der Waals surface area contributed by atoms with Gasteiger partial charge in [-0.25, -0.2) is 28.6 Å². The van der Waals surface area contributed by atoms with Crippen molar-refractivity contribution < 1.29 is 75.9 Å². The Hall–Kier alpha value is -1.52. The van der Waals surface area contributed by atoms with Crippen LogP contribution in [-0.2, 0) is 41.1 Å². The van der Waals surface area contributed by atoms with Gasteiger partial charge in [0.2, 0.25) is 0 Å². The molecular formula is C15H25N6O16P3. The van der Waals surface area contributed by atoms with Crippen LogP contribution < -0.4 is 11.5 Å². The normalized spacial score (nSPS) is 34.2. The van der Waals surface area contributed by atoms with E-state index in [0.29, 0.717) is 0 Å². The van der Waals surface area contributed by atoms with Gasteiger partial charge in [-0.1, -0.05) is 0 Å². The van der Waals surface area contributed by atoms with Gasteiger partial charge in [0.1, 0.15) is 54.7 Å². The molecule has 226 valence electrons. The first-order valence-corrected chi connectivity index (χ1v) is 15.4. The Kier molecular flexibility index (Phi) is 9.14. The summed E-state index contributed by atoms with van der Waals surface area (Å²) in [5, 5.41) is 29.9. The number of imidazole rings is 1. The topological polar surface area (TPSA) is 344 Å². The first-order chi connectivity index (χ1) is 18.5. The lowest BCUT2D eigenvalue weighted by molar-refractivity contribution is -0.0501. The van der Waals surface area contributed by atoms with Crippen molar-refractivity contribution >= 4 is 40.4 Å². The van der Waals surface area contributed by atoms with E-state index >= 15 is 0 Å². The molecule has 0 bridgehead atoms. The maximum Gasteiger partial charge on any atom is 0.481 e. The molecule has 40 heavy (non-hydrogen) atoms. The first kappa shape index (κ1) is 31.4. The van der Waals surface area contributed by atoms with Crippen molar-refractivity contribution in [2.45, 2.75) is 49.1 Å². The molecule has 2 aromatic heterocycles. The number of aliphatic hydroxyl groups is 3. The van der Waals surface area contributed by atoms with Crippen LogP contribution in [0.2, 0.25) is 0 Å². The molecule has 2 fully saturated rings. The summed E-state index contributed by atoms with van der Waals surface area (Å²) < 4.78 is 65.5. The molecule has 2 aromatic rings. The summed E-state index contributed by atoms with van der Waals surface area (Å²) in [6, 6.07) is 0. The molecule has 0 amide bonds. The Morgan fingerprint density at radius 2 is 1.50 bits per heavy atom. The van der Waals surface area contributed by atoms with Gasteiger partial charge in [0.25, 0.3) is 0 Å². The number of phosphoric acid groups is 3. The SMILES string of the molecule is Nc1ncnc2c1ncn2[C@@H]1O[C@H](COP(=O)(O)OP(=O)(O)OC[C@H]2O[C@@H](N)[C@H](O)[C@@H]2O)[C@@H](O)[C@H]1OP(=O)(O)O. The van der Waals surface area contributed by atoms with E-state index in [0.717, 1.165) is 17.2 Å². The van der Waals surface area contributed by atoms with Crippen LogP contribution in [0.5, 0.6) is 0 Å². The zero-order valence-electron chi connectivity index (χ0n) is 19.8. The van der Waals surface area contributed by atoms with Gasteiger partial charge in [-0.3, -0.25) is 18.1 Å². The number of hydrogen-bond donors (Lipinski definition) is 9. The molecule has 0 aromatic carbocycles. The molecule has 2 aliphatic rings. The number of ether oxygens (including phenoxy) is 2. The van der Waals surface area contributed by atoms with Crippen LogP contribution in [0.25, 0.3) is 11.2 Å². The van der Waals surface area contributed by atoms with Crippen LogP contribution in [0, 0.1) is 0 Å². The van der Waals surface area contributed by atoms with Crippen molar-refractivity contribution in [1.29, 1.82) is 0 Å². The second-order valence-electron chi connectivity index (χ2n) is 8.43. The van der Waals surface area contributed by atoms with E-state index in [1.54, 1.807) is 0 Å². The van der Waals surface area contributed by atoms with E-state index in [-0.39, 0.29) is 17.0 Å². The standard InChI is InChI=1S/C15H25N6O16P3/c16-12-7-14(19-3-18-12)21(4-20-7)15-11(36-38(25,26)27)9(23)6(35-15)2-33-40(30,31)37-39(28,29)32-1-5-8(22)10(24)13(17)34-5/h3-6,8-11,13,15,22-24H,1-2,17H2,(H,28,29)(H,30,31)(H2,16,18,19)(H2,25,26,27)/t5-,6-,8-,9-,10-,11-,13-,15-/m1/s1. The molecule has 25 heteroatoms. The summed E-state index contributed by atoms with van der Waals surface area (Å²) in [4.78, 5) is 50.0. The maximum atomic E-state index is 12.3.